The minimum absolute atomic E-state index is 0.580. The van der Waals surface area contributed by atoms with Crippen molar-refractivity contribution in [3.8, 4) is 5.75 Å². The van der Waals surface area contributed by atoms with Gasteiger partial charge in [0.15, 0.2) is 5.16 Å². The van der Waals surface area contributed by atoms with Gasteiger partial charge in [0.25, 0.3) is 0 Å². The third-order valence-electron chi connectivity index (χ3n) is 2.34. The maximum atomic E-state index is 9.82. The molecule has 2 N–H and O–H groups in total. The number of ether oxygens (including phenoxy) is 1. The van der Waals surface area contributed by atoms with Crippen LogP contribution in [0.5, 0.6) is 5.75 Å². The fourth-order valence-electron chi connectivity index (χ4n) is 1.61. The molecule has 0 aliphatic rings. The van der Waals surface area contributed by atoms with E-state index in [1.807, 2.05) is 18.2 Å². The first-order valence-corrected chi connectivity index (χ1v) is 6.06. The smallest absolute Gasteiger partial charge is 0.170 e. The number of nitrogens with one attached hydrogen (secondary N) is 1. The highest BCUT2D eigenvalue weighted by molar-refractivity contribution is 7.99. The molecule has 0 bridgehead atoms. The Kier molecular flexibility index (Phi) is 3.71. The number of rotatable bonds is 4. The van der Waals surface area contributed by atoms with Crippen LogP contribution in [0.15, 0.2) is 40.6 Å². The van der Waals surface area contributed by atoms with E-state index in [2.05, 4.69) is 9.97 Å². The van der Waals surface area contributed by atoms with Crippen molar-refractivity contribution in [2.24, 2.45) is 0 Å². The molecule has 0 fully saturated rings. The first-order valence-electron chi connectivity index (χ1n) is 5.24. The van der Waals surface area contributed by atoms with Crippen LogP contribution in [0.3, 0.4) is 0 Å². The zero-order valence-corrected chi connectivity index (χ0v) is 10.5. The van der Waals surface area contributed by atoms with Crippen LogP contribution in [0.1, 0.15) is 18.6 Å². The van der Waals surface area contributed by atoms with Gasteiger partial charge < -0.3 is 14.8 Å². The predicted octanol–water partition coefficient (Wildman–Crippen LogP) is 2.62. The van der Waals surface area contributed by atoms with Gasteiger partial charge in [0.1, 0.15) is 5.75 Å². The van der Waals surface area contributed by atoms with Crippen LogP contribution < -0.4 is 4.74 Å². The summed E-state index contributed by atoms with van der Waals surface area (Å²) in [7, 11) is 1.60. The van der Waals surface area contributed by atoms with E-state index in [1.165, 1.54) is 11.8 Å². The number of benzene rings is 1. The van der Waals surface area contributed by atoms with Crippen LogP contribution in [0, 0.1) is 0 Å². The third kappa shape index (κ3) is 2.62. The van der Waals surface area contributed by atoms with Crippen molar-refractivity contribution in [1.29, 1.82) is 0 Å². The number of aromatic nitrogens is 2. The van der Waals surface area contributed by atoms with Gasteiger partial charge in [-0.15, -0.1) is 0 Å². The van der Waals surface area contributed by atoms with Gasteiger partial charge >= 0.3 is 0 Å². The van der Waals surface area contributed by atoms with Crippen LogP contribution in [-0.4, -0.2) is 22.2 Å². The first-order chi connectivity index (χ1) is 8.22. The van der Waals surface area contributed by atoms with E-state index in [-0.39, 0.29) is 0 Å². The Labute approximate surface area is 104 Å². The van der Waals surface area contributed by atoms with Gasteiger partial charge in [0, 0.05) is 22.9 Å². The summed E-state index contributed by atoms with van der Waals surface area (Å²) >= 11 is 1.47. The lowest BCUT2D eigenvalue weighted by Gasteiger charge is -2.14. The van der Waals surface area contributed by atoms with Gasteiger partial charge in [-0.3, -0.25) is 0 Å². The molecule has 1 aromatic carbocycles. The van der Waals surface area contributed by atoms with Crippen molar-refractivity contribution < 1.29 is 9.84 Å². The van der Waals surface area contributed by atoms with Crippen LogP contribution in [0.2, 0.25) is 0 Å². The predicted molar refractivity (Wildman–Crippen MR) is 66.3 cm³/mol. The van der Waals surface area contributed by atoms with E-state index in [9.17, 15) is 5.11 Å². The molecule has 0 radical (unpaired) electrons. The Bertz CT molecular complexity index is 483. The van der Waals surface area contributed by atoms with Gasteiger partial charge in [0.2, 0.25) is 0 Å². The van der Waals surface area contributed by atoms with Gasteiger partial charge in [-0.05, 0) is 19.1 Å². The molecule has 0 aliphatic heterocycles. The van der Waals surface area contributed by atoms with Crippen molar-refractivity contribution in [3.63, 3.8) is 0 Å². The molecule has 1 heterocycles. The van der Waals surface area contributed by atoms with E-state index in [4.69, 9.17) is 4.74 Å². The van der Waals surface area contributed by atoms with E-state index in [0.717, 1.165) is 15.6 Å². The maximum Gasteiger partial charge on any atom is 0.170 e. The number of nitrogens with zero attached hydrogens (tertiary/aromatic N) is 1. The Balaban J connectivity index is 2.39. The summed E-state index contributed by atoms with van der Waals surface area (Å²) in [5.41, 5.74) is 0.788. The fraction of sp³-hybridized carbons (Fsp3) is 0.250. The van der Waals surface area contributed by atoms with Gasteiger partial charge in [-0.25, -0.2) is 4.98 Å². The standard InChI is InChI=1S/C12H14N2O2S/c1-8(15)11-9(16-2)4-3-5-10(11)17-12-13-6-7-14-12/h3-8,15H,1-2H3,(H,13,14)/t8-/m0/s1. The molecule has 0 saturated heterocycles. The van der Waals surface area contributed by atoms with Crippen LogP contribution in [-0.2, 0) is 0 Å². The molecule has 1 atom stereocenters. The molecule has 17 heavy (non-hydrogen) atoms. The van der Waals surface area contributed by atoms with E-state index >= 15 is 0 Å². The summed E-state index contributed by atoms with van der Waals surface area (Å²) < 4.78 is 5.26. The number of H-pyrrole nitrogens is 1. The molecule has 1 aromatic heterocycles. The van der Waals surface area contributed by atoms with Crippen molar-refractivity contribution in [2.45, 2.75) is 23.1 Å². The second-order valence-electron chi connectivity index (χ2n) is 3.54. The number of aliphatic hydroxyl groups excluding tert-OH is 1. The minimum Gasteiger partial charge on any atom is -0.496 e. The number of aliphatic hydroxyl groups is 1. The fourth-order valence-corrected chi connectivity index (χ4v) is 2.59. The van der Waals surface area contributed by atoms with Gasteiger partial charge in [-0.2, -0.15) is 0 Å². The summed E-state index contributed by atoms with van der Waals surface area (Å²) in [6, 6.07) is 5.68. The summed E-state index contributed by atoms with van der Waals surface area (Å²) in [4.78, 5) is 8.11. The van der Waals surface area contributed by atoms with E-state index < -0.39 is 6.10 Å². The average molecular weight is 250 g/mol. The number of hydrogen-bond acceptors (Lipinski definition) is 4. The normalized spacial score (nSPS) is 12.4. The third-order valence-corrected chi connectivity index (χ3v) is 3.34. The molecule has 0 spiro atoms. The van der Waals surface area contributed by atoms with E-state index in [1.54, 1.807) is 26.4 Å². The van der Waals surface area contributed by atoms with Crippen molar-refractivity contribution in [3.05, 3.63) is 36.2 Å². The topological polar surface area (TPSA) is 58.1 Å². The monoisotopic (exact) mass is 250 g/mol. The van der Waals surface area contributed by atoms with Gasteiger partial charge in [-0.1, -0.05) is 17.8 Å². The second kappa shape index (κ2) is 5.25. The van der Waals surface area contributed by atoms with E-state index in [0.29, 0.717) is 5.75 Å². The highest BCUT2D eigenvalue weighted by Crippen LogP contribution is 2.36. The molecule has 2 aromatic rings. The van der Waals surface area contributed by atoms with Crippen LogP contribution >= 0.6 is 11.8 Å². The molecule has 0 aliphatic carbocycles. The number of hydrogen-bond donors (Lipinski definition) is 2. The number of methoxy groups -OCH3 is 1. The summed E-state index contributed by atoms with van der Waals surface area (Å²) in [5.74, 6) is 0.691. The Morgan fingerprint density at radius 1 is 1.47 bits per heavy atom. The summed E-state index contributed by atoms with van der Waals surface area (Å²) in [6.45, 7) is 1.73. The van der Waals surface area contributed by atoms with Gasteiger partial charge in [0.05, 0.1) is 13.2 Å². The van der Waals surface area contributed by atoms with Crippen molar-refractivity contribution in [2.75, 3.05) is 7.11 Å². The lowest BCUT2D eigenvalue weighted by Crippen LogP contribution is -1.98. The van der Waals surface area contributed by atoms with Crippen molar-refractivity contribution >= 4 is 11.8 Å². The molecule has 5 heteroatoms. The lowest BCUT2D eigenvalue weighted by atomic mass is 10.1. The maximum absolute atomic E-state index is 9.82. The van der Waals surface area contributed by atoms with Crippen LogP contribution in [0.25, 0.3) is 0 Å². The largest absolute Gasteiger partial charge is 0.496 e. The molecular formula is C12H14N2O2S. The lowest BCUT2D eigenvalue weighted by molar-refractivity contribution is 0.191. The highest BCUT2D eigenvalue weighted by atomic mass is 32.2. The average Bonchev–Trinajstić information content (AvgIpc) is 2.81. The van der Waals surface area contributed by atoms with Crippen molar-refractivity contribution in [1.82, 2.24) is 9.97 Å². The Morgan fingerprint density at radius 3 is 2.88 bits per heavy atom. The SMILES string of the molecule is COc1cccc(Sc2ncc[nH]2)c1[C@H](C)O. The van der Waals surface area contributed by atoms with Crippen LogP contribution in [0.4, 0.5) is 0 Å². The number of imidazole rings is 1. The molecule has 0 amide bonds. The summed E-state index contributed by atoms with van der Waals surface area (Å²) in [6.07, 6.45) is 2.89. The zero-order valence-electron chi connectivity index (χ0n) is 9.68. The Hall–Kier alpha value is -1.46. The quantitative estimate of drug-likeness (QED) is 0.875. The molecular weight excluding hydrogens is 236 g/mol. The molecule has 90 valence electrons. The molecule has 0 saturated carbocycles. The second-order valence-corrected chi connectivity index (χ2v) is 4.58. The Morgan fingerprint density at radius 2 is 2.29 bits per heavy atom. The first kappa shape index (κ1) is 12.0. The molecule has 2 rings (SSSR count). The molecule has 4 nitrogen and oxygen atoms in total. The minimum atomic E-state index is -0.580. The highest BCUT2D eigenvalue weighted by Gasteiger charge is 2.15. The zero-order chi connectivity index (χ0) is 12.3. The number of aromatic amines is 1. The summed E-state index contributed by atoms with van der Waals surface area (Å²) in [5, 5.41) is 10.6. The molecule has 0 unspecified atom stereocenters.